The van der Waals surface area contributed by atoms with Crippen LogP contribution in [-0.2, 0) is 13.0 Å². The van der Waals surface area contributed by atoms with E-state index < -0.39 is 0 Å². The van der Waals surface area contributed by atoms with Gasteiger partial charge in [0.25, 0.3) is 0 Å². The Labute approximate surface area is 163 Å². The van der Waals surface area contributed by atoms with Gasteiger partial charge in [-0.25, -0.2) is 20.4 Å². The monoisotopic (exact) mass is 377 g/mol. The molecule has 0 amide bonds. The maximum absolute atomic E-state index is 6.17. The molecular weight excluding hydrogens is 354 g/mol. The summed E-state index contributed by atoms with van der Waals surface area (Å²) >= 11 is 0. The van der Waals surface area contributed by atoms with Crippen LogP contribution in [-0.4, -0.2) is 53.1 Å². The number of fused-ring (bicyclic) bond motifs is 4. The number of nitrogens with zero attached hydrogens (tertiary/aromatic N) is 5. The molecule has 144 valence electrons. The molecule has 0 fully saturated rings. The standard InChI is InChI=1S/C20H23N7O/c1-28-16-6-2-5-14-18(16)24-20(21)27-19(14)23-17(25-27)8-11-26-10-7-13-4-3-9-22-15(13)12-26/h2-6,9,17,25H,7-8,10-12H2,1H3,(H2,21,24). The number of methoxy groups -OCH3 is 1. The van der Waals surface area contributed by atoms with Crippen LogP contribution in [0.15, 0.2) is 46.5 Å². The summed E-state index contributed by atoms with van der Waals surface area (Å²) in [6.45, 7) is 2.89. The number of hydrogen-bond donors (Lipinski definition) is 2. The van der Waals surface area contributed by atoms with Crippen molar-refractivity contribution in [1.29, 1.82) is 0 Å². The van der Waals surface area contributed by atoms with Crippen LogP contribution in [0.25, 0.3) is 0 Å². The van der Waals surface area contributed by atoms with Crippen molar-refractivity contribution in [3.63, 3.8) is 0 Å². The zero-order chi connectivity index (χ0) is 19.1. The fourth-order valence-electron chi connectivity index (χ4n) is 3.99. The first kappa shape index (κ1) is 17.2. The third-order valence-electron chi connectivity index (χ3n) is 5.46. The van der Waals surface area contributed by atoms with Gasteiger partial charge in [-0.3, -0.25) is 9.88 Å². The topological polar surface area (TPSA) is 91.4 Å². The Morgan fingerprint density at radius 2 is 2.21 bits per heavy atom. The van der Waals surface area contributed by atoms with Gasteiger partial charge in [-0.2, -0.15) is 0 Å². The van der Waals surface area contributed by atoms with Gasteiger partial charge in [0.15, 0.2) is 5.84 Å². The summed E-state index contributed by atoms with van der Waals surface area (Å²) in [5.74, 6) is 1.89. The number of aromatic nitrogens is 1. The van der Waals surface area contributed by atoms with E-state index in [1.807, 2.05) is 30.5 Å². The van der Waals surface area contributed by atoms with Crippen molar-refractivity contribution in [2.75, 3.05) is 20.2 Å². The van der Waals surface area contributed by atoms with E-state index in [9.17, 15) is 0 Å². The molecule has 1 aromatic carbocycles. The molecule has 0 bridgehead atoms. The lowest BCUT2D eigenvalue weighted by Gasteiger charge is -2.28. The molecule has 8 nitrogen and oxygen atoms in total. The lowest BCUT2D eigenvalue weighted by molar-refractivity contribution is 0.231. The number of hydrazine groups is 1. The van der Waals surface area contributed by atoms with E-state index in [1.165, 1.54) is 11.3 Å². The van der Waals surface area contributed by atoms with Gasteiger partial charge in [-0.05, 0) is 36.6 Å². The maximum atomic E-state index is 6.17. The zero-order valence-corrected chi connectivity index (χ0v) is 15.8. The number of nitrogens with two attached hydrogens (primary N) is 1. The molecular formula is C20H23N7O. The predicted octanol–water partition coefficient (Wildman–Crippen LogP) is 1.39. The SMILES string of the molecule is COc1cccc2c1N=C(N)N1NC(CCN3CCc4cccnc4C3)N=C21. The molecule has 0 spiro atoms. The number of hydrogen-bond acceptors (Lipinski definition) is 8. The molecule has 0 radical (unpaired) electrons. The van der Waals surface area contributed by atoms with Crippen molar-refractivity contribution in [2.24, 2.45) is 15.7 Å². The largest absolute Gasteiger partial charge is 0.494 e. The number of aliphatic imine (C=N–C) groups is 2. The predicted molar refractivity (Wildman–Crippen MR) is 107 cm³/mol. The van der Waals surface area contributed by atoms with Crippen LogP contribution in [0, 0.1) is 0 Å². The molecule has 1 unspecified atom stereocenters. The summed E-state index contributed by atoms with van der Waals surface area (Å²) in [5, 5.41) is 1.78. The van der Waals surface area contributed by atoms with Gasteiger partial charge in [0.05, 0.1) is 12.8 Å². The number of rotatable bonds is 4. The zero-order valence-electron chi connectivity index (χ0n) is 15.8. The van der Waals surface area contributed by atoms with Crippen molar-refractivity contribution in [3.8, 4) is 5.75 Å². The molecule has 3 aliphatic rings. The van der Waals surface area contributed by atoms with E-state index in [4.69, 9.17) is 15.5 Å². The number of guanidine groups is 1. The van der Waals surface area contributed by atoms with Gasteiger partial charge in [0, 0.05) is 31.4 Å². The fraction of sp³-hybridized carbons (Fsp3) is 0.350. The first-order valence-corrected chi connectivity index (χ1v) is 9.53. The van der Waals surface area contributed by atoms with Crippen molar-refractivity contribution in [3.05, 3.63) is 53.3 Å². The van der Waals surface area contributed by atoms with Gasteiger partial charge < -0.3 is 10.5 Å². The Morgan fingerprint density at radius 3 is 3.11 bits per heavy atom. The quantitative estimate of drug-likeness (QED) is 0.837. The summed E-state index contributed by atoms with van der Waals surface area (Å²) in [5.41, 5.74) is 13.8. The van der Waals surface area contributed by atoms with Gasteiger partial charge in [-0.1, -0.05) is 12.1 Å². The van der Waals surface area contributed by atoms with Crippen LogP contribution in [0.3, 0.4) is 0 Å². The molecule has 0 saturated heterocycles. The van der Waals surface area contributed by atoms with E-state index in [0.717, 1.165) is 49.6 Å². The van der Waals surface area contributed by atoms with Crippen LogP contribution in [0.1, 0.15) is 23.2 Å². The Morgan fingerprint density at radius 1 is 1.29 bits per heavy atom. The minimum atomic E-state index is -0.0361. The molecule has 0 aliphatic carbocycles. The first-order chi connectivity index (χ1) is 13.7. The van der Waals surface area contributed by atoms with E-state index in [1.54, 1.807) is 12.1 Å². The van der Waals surface area contributed by atoms with E-state index in [0.29, 0.717) is 11.7 Å². The van der Waals surface area contributed by atoms with Crippen LogP contribution in [0.4, 0.5) is 5.69 Å². The summed E-state index contributed by atoms with van der Waals surface area (Å²) in [6.07, 6.45) is 3.77. The van der Waals surface area contributed by atoms with E-state index in [-0.39, 0.29) is 6.17 Å². The Kier molecular flexibility index (Phi) is 4.22. The Balaban J connectivity index is 1.30. The highest BCUT2D eigenvalue weighted by molar-refractivity contribution is 6.15. The molecule has 8 heteroatoms. The molecule has 1 atom stereocenters. The van der Waals surface area contributed by atoms with Gasteiger partial charge >= 0.3 is 0 Å². The molecule has 0 saturated carbocycles. The normalized spacial score (nSPS) is 20.8. The third kappa shape index (κ3) is 2.90. The highest BCUT2D eigenvalue weighted by Crippen LogP contribution is 2.36. The summed E-state index contributed by atoms with van der Waals surface area (Å²) < 4.78 is 5.42. The maximum Gasteiger partial charge on any atom is 0.217 e. The molecule has 1 aromatic heterocycles. The molecule has 5 rings (SSSR count). The minimum absolute atomic E-state index is 0.0361. The van der Waals surface area contributed by atoms with E-state index >= 15 is 0 Å². The number of pyridine rings is 1. The fourth-order valence-corrected chi connectivity index (χ4v) is 3.99. The number of para-hydroxylation sites is 1. The minimum Gasteiger partial charge on any atom is -0.494 e. The Hall–Kier alpha value is -2.97. The highest BCUT2D eigenvalue weighted by atomic mass is 16.5. The third-order valence-corrected chi connectivity index (χ3v) is 5.46. The smallest absolute Gasteiger partial charge is 0.217 e. The molecule has 2 aromatic rings. The van der Waals surface area contributed by atoms with Crippen molar-refractivity contribution < 1.29 is 4.74 Å². The second-order valence-corrected chi connectivity index (χ2v) is 7.18. The first-order valence-electron chi connectivity index (χ1n) is 9.53. The van der Waals surface area contributed by atoms with Gasteiger partial charge in [0.1, 0.15) is 17.6 Å². The van der Waals surface area contributed by atoms with Crippen LogP contribution >= 0.6 is 0 Å². The second kappa shape index (κ2) is 6.88. The van der Waals surface area contributed by atoms with Gasteiger partial charge in [0.2, 0.25) is 5.96 Å². The molecule has 4 heterocycles. The average Bonchev–Trinajstić information content (AvgIpc) is 3.17. The number of ether oxygens (including phenoxy) is 1. The summed E-state index contributed by atoms with van der Waals surface area (Å²) in [4.78, 5) is 16.3. The van der Waals surface area contributed by atoms with Crippen molar-refractivity contribution >= 4 is 17.5 Å². The van der Waals surface area contributed by atoms with Crippen LogP contribution in [0.5, 0.6) is 5.75 Å². The molecule has 3 aliphatic heterocycles. The number of amidine groups is 1. The van der Waals surface area contributed by atoms with Gasteiger partial charge in [-0.15, -0.1) is 0 Å². The number of nitrogens with one attached hydrogen (secondary N) is 1. The van der Waals surface area contributed by atoms with E-state index in [2.05, 4.69) is 26.4 Å². The lowest BCUT2D eigenvalue weighted by atomic mass is 10.1. The van der Waals surface area contributed by atoms with Crippen LogP contribution < -0.4 is 15.9 Å². The second-order valence-electron chi connectivity index (χ2n) is 7.18. The number of benzene rings is 1. The summed E-state index contributed by atoms with van der Waals surface area (Å²) in [6, 6.07) is 10.0. The van der Waals surface area contributed by atoms with Crippen LogP contribution in [0.2, 0.25) is 0 Å². The average molecular weight is 377 g/mol. The summed E-state index contributed by atoms with van der Waals surface area (Å²) in [7, 11) is 1.64. The lowest BCUT2D eigenvalue weighted by Crippen LogP contribution is -2.50. The highest BCUT2D eigenvalue weighted by Gasteiger charge is 2.34. The Bertz CT molecular complexity index is 971. The van der Waals surface area contributed by atoms with Crippen molar-refractivity contribution in [1.82, 2.24) is 20.3 Å². The van der Waals surface area contributed by atoms with Crippen molar-refractivity contribution in [2.45, 2.75) is 25.6 Å². The molecule has 3 N–H and O–H groups in total. The molecule has 28 heavy (non-hydrogen) atoms.